The first-order chi connectivity index (χ1) is 11.1. The minimum atomic E-state index is -0.510. The maximum atomic E-state index is 11.8. The van der Waals surface area contributed by atoms with Gasteiger partial charge < -0.3 is 20.1 Å². The molecule has 0 saturated heterocycles. The Labute approximate surface area is 135 Å². The summed E-state index contributed by atoms with van der Waals surface area (Å²) in [6.45, 7) is 0.480. The number of carbonyl (C=O) groups is 3. The number of anilines is 1. The molecule has 0 aromatic heterocycles. The van der Waals surface area contributed by atoms with Crippen molar-refractivity contribution in [3.63, 3.8) is 0 Å². The van der Waals surface area contributed by atoms with Gasteiger partial charge in [0.25, 0.3) is 0 Å². The first-order valence-corrected chi connectivity index (χ1v) is 7.37. The zero-order valence-corrected chi connectivity index (χ0v) is 13.4. The molecule has 1 aromatic carbocycles. The molecule has 0 aliphatic carbocycles. The number of nitrogens with one attached hydrogen (secondary N) is 2. The van der Waals surface area contributed by atoms with Crippen LogP contribution in [0.3, 0.4) is 0 Å². The van der Waals surface area contributed by atoms with E-state index < -0.39 is 12.0 Å². The van der Waals surface area contributed by atoms with Crippen molar-refractivity contribution in [1.82, 2.24) is 5.32 Å². The van der Waals surface area contributed by atoms with Gasteiger partial charge in [-0.2, -0.15) is 0 Å². The summed E-state index contributed by atoms with van der Waals surface area (Å²) in [5.41, 5.74) is 0.686. The standard InChI is InChI=1S/C16H22N2O5/c1-22-14(19)10-4-3-7-11-17-16(21)18-13-9-6-5-8-12(13)15(20)23-2/h5-6,8-9H,3-4,7,10-11H2,1-2H3,(H2,17,18,21). The molecular weight excluding hydrogens is 300 g/mol. The quantitative estimate of drug-likeness (QED) is 0.566. The Morgan fingerprint density at radius 3 is 2.43 bits per heavy atom. The molecule has 0 spiro atoms. The van der Waals surface area contributed by atoms with E-state index in [1.165, 1.54) is 14.2 Å². The minimum Gasteiger partial charge on any atom is -0.469 e. The number of benzene rings is 1. The lowest BCUT2D eigenvalue weighted by molar-refractivity contribution is -0.140. The SMILES string of the molecule is COC(=O)CCCCCNC(=O)Nc1ccccc1C(=O)OC. The molecule has 0 aliphatic rings. The second-order valence-corrected chi connectivity index (χ2v) is 4.80. The van der Waals surface area contributed by atoms with Gasteiger partial charge in [0.15, 0.2) is 0 Å². The Kier molecular flexibility index (Phi) is 8.20. The fourth-order valence-electron chi connectivity index (χ4n) is 1.92. The van der Waals surface area contributed by atoms with Crippen LogP contribution in [-0.4, -0.2) is 38.7 Å². The Bertz CT molecular complexity index is 545. The highest BCUT2D eigenvalue weighted by Gasteiger charge is 2.12. The van der Waals surface area contributed by atoms with Gasteiger partial charge >= 0.3 is 18.0 Å². The zero-order valence-electron chi connectivity index (χ0n) is 13.4. The second kappa shape index (κ2) is 10.2. The van der Waals surface area contributed by atoms with Crippen LogP contribution in [0.25, 0.3) is 0 Å². The molecule has 0 unspecified atom stereocenters. The lowest BCUT2D eigenvalue weighted by atomic mass is 10.2. The van der Waals surface area contributed by atoms with E-state index in [0.29, 0.717) is 24.2 Å². The highest BCUT2D eigenvalue weighted by molar-refractivity contribution is 6.00. The van der Waals surface area contributed by atoms with Crippen LogP contribution in [0.2, 0.25) is 0 Å². The number of esters is 2. The van der Waals surface area contributed by atoms with E-state index in [0.717, 1.165) is 19.3 Å². The summed E-state index contributed by atoms with van der Waals surface area (Å²) in [4.78, 5) is 34.3. The fraction of sp³-hybridized carbons (Fsp3) is 0.438. The lowest BCUT2D eigenvalue weighted by Gasteiger charge is -2.10. The van der Waals surface area contributed by atoms with E-state index in [2.05, 4.69) is 20.1 Å². The van der Waals surface area contributed by atoms with Crippen molar-refractivity contribution >= 4 is 23.7 Å². The van der Waals surface area contributed by atoms with Crippen molar-refractivity contribution < 1.29 is 23.9 Å². The topological polar surface area (TPSA) is 93.7 Å². The summed E-state index contributed by atoms with van der Waals surface area (Å²) in [7, 11) is 2.65. The van der Waals surface area contributed by atoms with Crippen molar-refractivity contribution in [2.75, 3.05) is 26.1 Å². The van der Waals surface area contributed by atoms with Gasteiger partial charge in [-0.1, -0.05) is 18.6 Å². The van der Waals surface area contributed by atoms with Crippen molar-refractivity contribution in [2.45, 2.75) is 25.7 Å². The third kappa shape index (κ3) is 6.82. The number of hydrogen-bond donors (Lipinski definition) is 2. The maximum absolute atomic E-state index is 11.8. The Hall–Kier alpha value is -2.57. The van der Waals surface area contributed by atoms with E-state index >= 15 is 0 Å². The number of hydrogen-bond acceptors (Lipinski definition) is 5. The van der Waals surface area contributed by atoms with E-state index in [-0.39, 0.29) is 5.97 Å². The average molecular weight is 322 g/mol. The largest absolute Gasteiger partial charge is 0.469 e. The number of methoxy groups -OCH3 is 2. The molecule has 1 rings (SSSR count). The van der Waals surface area contributed by atoms with Gasteiger partial charge in [-0.3, -0.25) is 4.79 Å². The molecule has 7 heteroatoms. The highest BCUT2D eigenvalue weighted by Crippen LogP contribution is 2.15. The summed E-state index contributed by atoms with van der Waals surface area (Å²) in [5, 5.41) is 5.32. The normalized spacial score (nSPS) is 9.83. The highest BCUT2D eigenvalue weighted by atomic mass is 16.5. The fourth-order valence-corrected chi connectivity index (χ4v) is 1.92. The molecule has 1 aromatic rings. The summed E-state index contributed by atoms with van der Waals surface area (Å²) in [6.07, 6.45) is 2.67. The summed E-state index contributed by atoms with van der Waals surface area (Å²) in [5.74, 6) is -0.737. The molecule has 0 heterocycles. The third-order valence-electron chi connectivity index (χ3n) is 3.15. The Balaban J connectivity index is 2.32. The first-order valence-electron chi connectivity index (χ1n) is 7.37. The van der Waals surface area contributed by atoms with Crippen LogP contribution in [0.4, 0.5) is 10.5 Å². The Morgan fingerprint density at radius 2 is 1.74 bits per heavy atom. The van der Waals surface area contributed by atoms with Crippen LogP contribution in [0.5, 0.6) is 0 Å². The summed E-state index contributed by atoms with van der Waals surface area (Å²) >= 11 is 0. The zero-order chi connectivity index (χ0) is 17.1. The van der Waals surface area contributed by atoms with Crippen LogP contribution in [0, 0.1) is 0 Å². The van der Waals surface area contributed by atoms with E-state index in [9.17, 15) is 14.4 Å². The monoisotopic (exact) mass is 322 g/mol. The van der Waals surface area contributed by atoms with Crippen molar-refractivity contribution in [1.29, 1.82) is 0 Å². The first kappa shape index (κ1) is 18.5. The predicted octanol–water partition coefficient (Wildman–Crippen LogP) is 2.33. The van der Waals surface area contributed by atoms with Gasteiger partial charge in [0.05, 0.1) is 25.5 Å². The molecular formula is C16H22N2O5. The number of unbranched alkanes of at least 4 members (excludes halogenated alkanes) is 2. The number of rotatable bonds is 8. The van der Waals surface area contributed by atoms with Gasteiger partial charge in [0.2, 0.25) is 0 Å². The number of para-hydroxylation sites is 1. The maximum Gasteiger partial charge on any atom is 0.339 e. The molecule has 0 aliphatic heterocycles. The molecule has 0 atom stereocenters. The minimum absolute atomic E-state index is 0.227. The van der Waals surface area contributed by atoms with Crippen LogP contribution in [0.1, 0.15) is 36.0 Å². The summed E-state index contributed by atoms with van der Waals surface area (Å²) < 4.78 is 9.21. The average Bonchev–Trinajstić information content (AvgIpc) is 2.57. The number of urea groups is 1. The van der Waals surface area contributed by atoms with Crippen molar-refractivity contribution in [2.24, 2.45) is 0 Å². The molecule has 23 heavy (non-hydrogen) atoms. The van der Waals surface area contributed by atoms with Gasteiger partial charge in [0.1, 0.15) is 0 Å². The Morgan fingerprint density at radius 1 is 1.00 bits per heavy atom. The molecule has 0 fully saturated rings. The molecule has 0 bridgehead atoms. The van der Waals surface area contributed by atoms with E-state index in [1.807, 2.05) is 0 Å². The third-order valence-corrected chi connectivity index (χ3v) is 3.15. The van der Waals surface area contributed by atoms with Gasteiger partial charge in [-0.25, -0.2) is 9.59 Å². The van der Waals surface area contributed by atoms with Gasteiger partial charge in [0, 0.05) is 13.0 Å². The lowest BCUT2D eigenvalue weighted by Crippen LogP contribution is -2.30. The van der Waals surface area contributed by atoms with Crippen LogP contribution in [-0.2, 0) is 14.3 Å². The van der Waals surface area contributed by atoms with Crippen LogP contribution >= 0.6 is 0 Å². The van der Waals surface area contributed by atoms with Crippen molar-refractivity contribution in [3.05, 3.63) is 29.8 Å². The molecule has 126 valence electrons. The number of carbonyl (C=O) groups excluding carboxylic acids is 3. The van der Waals surface area contributed by atoms with Crippen molar-refractivity contribution in [3.8, 4) is 0 Å². The second-order valence-electron chi connectivity index (χ2n) is 4.80. The molecule has 7 nitrogen and oxygen atoms in total. The van der Waals surface area contributed by atoms with Gasteiger partial charge in [-0.05, 0) is 25.0 Å². The summed E-state index contributed by atoms with van der Waals surface area (Å²) in [6, 6.07) is 6.22. The molecule has 2 amide bonds. The predicted molar refractivity (Wildman–Crippen MR) is 85.3 cm³/mol. The van der Waals surface area contributed by atoms with E-state index in [4.69, 9.17) is 0 Å². The number of amides is 2. The molecule has 0 saturated carbocycles. The van der Waals surface area contributed by atoms with Gasteiger partial charge in [-0.15, -0.1) is 0 Å². The van der Waals surface area contributed by atoms with Crippen LogP contribution < -0.4 is 10.6 Å². The number of ether oxygens (including phenoxy) is 2. The molecule has 2 N–H and O–H groups in total. The smallest absolute Gasteiger partial charge is 0.339 e. The molecule has 0 radical (unpaired) electrons. The van der Waals surface area contributed by atoms with Crippen LogP contribution in [0.15, 0.2) is 24.3 Å². The van der Waals surface area contributed by atoms with E-state index in [1.54, 1.807) is 24.3 Å².